The average Bonchev–Trinajstić information content (AvgIpc) is 3.10. The molecule has 2 rings (SSSR count). The molecule has 92 valence electrons. The van der Waals surface area contributed by atoms with E-state index in [2.05, 4.69) is 15.9 Å². The van der Waals surface area contributed by atoms with Crippen LogP contribution in [-0.2, 0) is 6.42 Å². The lowest BCUT2D eigenvalue weighted by atomic mass is 10.1. The minimum absolute atomic E-state index is 0.116. The van der Waals surface area contributed by atoms with E-state index in [-0.39, 0.29) is 16.0 Å². The summed E-state index contributed by atoms with van der Waals surface area (Å²) in [5, 5.41) is 10.8. The molecule has 1 unspecified atom stereocenters. The molecule has 1 aromatic rings. The summed E-state index contributed by atoms with van der Waals surface area (Å²) in [6.07, 6.45) is 4.29. The summed E-state index contributed by atoms with van der Waals surface area (Å²) in [6.45, 7) is 0. The predicted molar refractivity (Wildman–Crippen MR) is 71.5 cm³/mol. The van der Waals surface area contributed by atoms with Gasteiger partial charge in [0.2, 0.25) is 0 Å². The largest absolute Gasteiger partial charge is 0.270 e. The third-order valence-corrected chi connectivity index (χ3v) is 4.38. The van der Waals surface area contributed by atoms with E-state index in [1.54, 1.807) is 18.2 Å². The van der Waals surface area contributed by atoms with Crippen molar-refractivity contribution in [1.82, 2.24) is 0 Å². The molecule has 0 saturated heterocycles. The molecule has 0 N–H and O–H groups in total. The molecule has 17 heavy (non-hydrogen) atoms. The average molecular weight is 319 g/mol. The number of nitrogens with zero attached hydrogens (tertiary/aromatic N) is 1. The molecule has 0 amide bonds. The summed E-state index contributed by atoms with van der Waals surface area (Å²) in [6, 6.07) is 4.90. The number of benzene rings is 1. The molecule has 1 atom stereocenters. The molecule has 1 fully saturated rings. The van der Waals surface area contributed by atoms with E-state index in [0.29, 0.717) is 5.92 Å². The Labute approximate surface area is 113 Å². The topological polar surface area (TPSA) is 43.1 Å². The van der Waals surface area contributed by atoms with Crippen molar-refractivity contribution in [1.29, 1.82) is 0 Å². The van der Waals surface area contributed by atoms with Crippen molar-refractivity contribution in [3.63, 3.8) is 0 Å². The molecule has 1 aliphatic rings. The van der Waals surface area contributed by atoms with Crippen LogP contribution in [0, 0.1) is 16.0 Å². The first-order valence-corrected chi connectivity index (χ1v) is 6.88. The first-order valence-electron chi connectivity index (χ1n) is 5.65. The Bertz CT molecular complexity index is 435. The number of non-ortho nitro benzene ring substituents is 1. The van der Waals surface area contributed by atoms with Gasteiger partial charge >= 0.3 is 0 Å². The van der Waals surface area contributed by atoms with Crippen molar-refractivity contribution in [2.75, 3.05) is 0 Å². The second kappa shape index (κ2) is 5.36. The molecule has 3 nitrogen and oxygen atoms in total. The molecule has 0 spiro atoms. The van der Waals surface area contributed by atoms with Crippen LogP contribution in [0.25, 0.3) is 0 Å². The molecule has 0 bridgehead atoms. The Morgan fingerprint density at radius 3 is 2.76 bits per heavy atom. The number of hydrogen-bond acceptors (Lipinski definition) is 2. The van der Waals surface area contributed by atoms with Crippen LogP contribution in [0.4, 0.5) is 5.69 Å². The summed E-state index contributed by atoms with van der Waals surface area (Å²) in [7, 11) is 0. The Hall–Kier alpha value is -0.610. The van der Waals surface area contributed by atoms with Crippen LogP contribution in [0.5, 0.6) is 0 Å². The van der Waals surface area contributed by atoms with E-state index < -0.39 is 0 Å². The maximum absolute atomic E-state index is 10.6. The van der Waals surface area contributed by atoms with Crippen molar-refractivity contribution in [2.45, 2.75) is 31.1 Å². The van der Waals surface area contributed by atoms with Crippen LogP contribution >= 0.6 is 27.5 Å². The normalized spacial score (nSPS) is 16.8. The molecule has 0 heterocycles. The molecule has 1 aromatic carbocycles. The van der Waals surface area contributed by atoms with Crippen molar-refractivity contribution in [2.24, 2.45) is 5.92 Å². The van der Waals surface area contributed by atoms with E-state index in [4.69, 9.17) is 11.6 Å². The predicted octanol–water partition coefficient (Wildman–Crippen LogP) is 4.31. The van der Waals surface area contributed by atoms with Crippen LogP contribution in [0.15, 0.2) is 22.7 Å². The fourth-order valence-corrected chi connectivity index (χ4v) is 2.77. The fraction of sp³-hybridized carbons (Fsp3) is 0.500. The van der Waals surface area contributed by atoms with Crippen molar-refractivity contribution in [3.8, 4) is 0 Å². The smallest absolute Gasteiger partial charge is 0.258 e. The Morgan fingerprint density at radius 1 is 1.53 bits per heavy atom. The van der Waals surface area contributed by atoms with E-state index in [1.165, 1.54) is 12.8 Å². The summed E-state index contributed by atoms with van der Waals surface area (Å²) < 4.78 is 0.798. The number of aryl methyl sites for hydroxylation is 1. The van der Waals surface area contributed by atoms with Gasteiger partial charge in [0, 0.05) is 22.0 Å². The third-order valence-electron chi connectivity index (χ3n) is 3.07. The highest BCUT2D eigenvalue weighted by Gasteiger charge is 2.29. The highest BCUT2D eigenvalue weighted by atomic mass is 79.9. The first-order chi connectivity index (χ1) is 8.08. The van der Waals surface area contributed by atoms with Gasteiger partial charge < -0.3 is 0 Å². The second-order valence-corrected chi connectivity index (χ2v) is 5.84. The zero-order valence-corrected chi connectivity index (χ0v) is 11.6. The number of hydrogen-bond donors (Lipinski definition) is 0. The maximum Gasteiger partial charge on any atom is 0.270 e. The van der Waals surface area contributed by atoms with Gasteiger partial charge in [0.25, 0.3) is 5.69 Å². The molecule has 0 radical (unpaired) electrons. The van der Waals surface area contributed by atoms with Gasteiger partial charge in [-0.1, -0.05) is 22.0 Å². The van der Waals surface area contributed by atoms with E-state index in [9.17, 15) is 10.1 Å². The SMILES string of the molecule is O=[N+]([O-])c1ccc(CCC(Cl)C2CC2)c(Br)c1. The number of nitro benzene ring substituents is 1. The highest BCUT2D eigenvalue weighted by Crippen LogP contribution is 2.38. The molecular formula is C12H13BrClNO2. The quantitative estimate of drug-likeness (QED) is 0.461. The van der Waals surface area contributed by atoms with Crippen LogP contribution in [0.2, 0.25) is 0 Å². The van der Waals surface area contributed by atoms with Crippen molar-refractivity contribution < 1.29 is 4.92 Å². The lowest BCUT2D eigenvalue weighted by Crippen LogP contribution is -2.03. The van der Waals surface area contributed by atoms with Gasteiger partial charge in [0.05, 0.1) is 4.92 Å². The molecular weight excluding hydrogens is 305 g/mol. The molecule has 5 heteroatoms. The zero-order chi connectivity index (χ0) is 12.4. The molecule has 0 aromatic heterocycles. The zero-order valence-electron chi connectivity index (χ0n) is 9.23. The van der Waals surface area contributed by atoms with Gasteiger partial charge in [-0.2, -0.15) is 0 Å². The van der Waals surface area contributed by atoms with Crippen LogP contribution in [-0.4, -0.2) is 10.3 Å². The number of halogens is 2. The number of alkyl halides is 1. The van der Waals surface area contributed by atoms with Crippen molar-refractivity contribution in [3.05, 3.63) is 38.3 Å². The minimum Gasteiger partial charge on any atom is -0.258 e. The molecule has 1 aliphatic carbocycles. The van der Waals surface area contributed by atoms with Gasteiger partial charge in [-0.15, -0.1) is 11.6 Å². The van der Waals surface area contributed by atoms with Crippen LogP contribution in [0.3, 0.4) is 0 Å². The highest BCUT2D eigenvalue weighted by molar-refractivity contribution is 9.10. The summed E-state index contributed by atoms with van der Waals surface area (Å²) >= 11 is 9.61. The van der Waals surface area contributed by atoms with Gasteiger partial charge in [-0.3, -0.25) is 10.1 Å². The van der Waals surface area contributed by atoms with Crippen LogP contribution in [0.1, 0.15) is 24.8 Å². The Balaban J connectivity index is 1.98. The first kappa shape index (κ1) is 12.8. The monoisotopic (exact) mass is 317 g/mol. The molecule has 1 saturated carbocycles. The van der Waals surface area contributed by atoms with Crippen LogP contribution < -0.4 is 0 Å². The van der Waals surface area contributed by atoms with E-state index in [0.717, 1.165) is 22.9 Å². The fourth-order valence-electron chi connectivity index (χ4n) is 1.84. The lowest BCUT2D eigenvalue weighted by Gasteiger charge is -2.08. The van der Waals surface area contributed by atoms with Gasteiger partial charge in [-0.25, -0.2) is 0 Å². The standard InChI is InChI=1S/C12H13BrClNO2/c13-11-7-10(15(16)17)5-3-8(11)4-6-12(14)9-1-2-9/h3,5,7,9,12H,1-2,4,6H2. The minimum atomic E-state index is -0.386. The number of rotatable bonds is 5. The summed E-state index contributed by atoms with van der Waals surface area (Å²) in [5.41, 5.74) is 1.20. The van der Waals surface area contributed by atoms with E-state index in [1.807, 2.05) is 0 Å². The van der Waals surface area contributed by atoms with Gasteiger partial charge in [0.1, 0.15) is 0 Å². The third kappa shape index (κ3) is 3.42. The van der Waals surface area contributed by atoms with Gasteiger partial charge in [-0.05, 0) is 37.2 Å². The summed E-state index contributed by atoms with van der Waals surface area (Å²) in [4.78, 5) is 10.2. The lowest BCUT2D eigenvalue weighted by molar-refractivity contribution is -0.384. The van der Waals surface area contributed by atoms with Gasteiger partial charge in [0.15, 0.2) is 0 Å². The molecule has 0 aliphatic heterocycles. The summed E-state index contributed by atoms with van der Waals surface area (Å²) in [5.74, 6) is 0.688. The maximum atomic E-state index is 10.6. The second-order valence-electron chi connectivity index (χ2n) is 4.42. The van der Waals surface area contributed by atoms with E-state index >= 15 is 0 Å². The number of nitro groups is 1. The Morgan fingerprint density at radius 2 is 2.24 bits per heavy atom. The van der Waals surface area contributed by atoms with Crippen molar-refractivity contribution >= 4 is 33.2 Å². The Kier molecular flexibility index (Phi) is 4.05.